The molecule has 556 valence electrons. The van der Waals surface area contributed by atoms with Crippen molar-refractivity contribution >= 4 is 103 Å². The number of pyridine rings is 2. The number of hydrogen-bond acceptors (Lipinski definition) is 20. The largest absolute Gasteiger partial charge is 0.479 e. The summed E-state index contributed by atoms with van der Waals surface area (Å²) in [7, 11) is 1.62. The smallest absolute Gasteiger partial charge is 0.410 e. The quantitative estimate of drug-likeness (QED) is 0.00894. The maximum atomic E-state index is 13.9. The summed E-state index contributed by atoms with van der Waals surface area (Å²) in [6.45, 7) is 12.5. The van der Waals surface area contributed by atoms with Crippen LogP contribution >= 0.6 is 11.3 Å². The van der Waals surface area contributed by atoms with E-state index < -0.39 is 59.1 Å². The zero-order valence-electron chi connectivity index (χ0n) is 59.3. The van der Waals surface area contributed by atoms with E-state index in [1.54, 1.807) is 61.9 Å². The van der Waals surface area contributed by atoms with Gasteiger partial charge in [0.15, 0.2) is 28.0 Å². The number of fused-ring (bicyclic) bond motifs is 4. The number of allylic oxidation sites excluding steroid dienone is 1. The minimum absolute atomic E-state index is 0.00322. The van der Waals surface area contributed by atoms with Gasteiger partial charge in [0.2, 0.25) is 24.0 Å². The molecule has 7 N–H and O–H groups in total. The third-order valence-corrected chi connectivity index (χ3v) is 20.7. The number of unbranched alkanes of at least 4 members (excludes halogenated alkanes) is 2. The van der Waals surface area contributed by atoms with Crippen molar-refractivity contribution in [2.45, 2.75) is 155 Å². The van der Waals surface area contributed by atoms with Gasteiger partial charge in [0.1, 0.15) is 34.8 Å². The number of carbonyl (C=O) groups excluding carboxylic acids is 6. The number of carboxylic acids is 2. The van der Waals surface area contributed by atoms with E-state index in [1.807, 2.05) is 40.8 Å². The molecule has 6 heterocycles. The lowest BCUT2D eigenvalue weighted by atomic mass is 9.48. The highest BCUT2D eigenvalue weighted by molar-refractivity contribution is 7.79. The molecule has 3 fully saturated rings. The van der Waals surface area contributed by atoms with Crippen molar-refractivity contribution in [1.29, 1.82) is 0 Å². The number of aldehydes is 1. The van der Waals surface area contributed by atoms with E-state index >= 15 is 0 Å². The Morgan fingerprint density at radius 2 is 1.70 bits per heavy atom. The van der Waals surface area contributed by atoms with Gasteiger partial charge in [-0.25, -0.2) is 33.5 Å². The van der Waals surface area contributed by atoms with Crippen LogP contribution in [-0.2, 0) is 68.8 Å². The maximum absolute atomic E-state index is 13.9. The van der Waals surface area contributed by atoms with Gasteiger partial charge in [0.25, 0.3) is 5.91 Å². The lowest BCUT2D eigenvalue weighted by molar-refractivity contribution is -0.195. The van der Waals surface area contributed by atoms with Gasteiger partial charge in [-0.2, -0.15) is 5.10 Å². The zero-order chi connectivity index (χ0) is 74.5. The highest BCUT2D eigenvalue weighted by Gasteiger charge is 2.58. The fraction of sp³-hybridized carbons (Fsp3) is 0.486. The van der Waals surface area contributed by atoms with Crippen molar-refractivity contribution in [1.82, 2.24) is 39.8 Å². The highest BCUT2D eigenvalue weighted by atomic mass is 32.2. The number of nitrogens with zero attached hydrogens (tertiary/aromatic N) is 8. The second-order valence-corrected chi connectivity index (χ2v) is 30.9. The molecule has 4 aliphatic rings. The summed E-state index contributed by atoms with van der Waals surface area (Å²) >= 11 is -0.952. The first-order valence-electron chi connectivity index (χ1n) is 34.8. The van der Waals surface area contributed by atoms with Crippen molar-refractivity contribution in [3.63, 3.8) is 0 Å². The van der Waals surface area contributed by atoms with Gasteiger partial charge in [-0.3, -0.25) is 34.0 Å². The number of carbonyl (C=O) groups is 8. The Morgan fingerprint density at radius 1 is 0.885 bits per heavy atom. The molecule has 7 unspecified atom stereocenters. The topological polar surface area (TPSA) is 374 Å². The van der Waals surface area contributed by atoms with E-state index in [0.29, 0.717) is 108 Å². The van der Waals surface area contributed by atoms with Crippen LogP contribution in [0.25, 0.3) is 27.6 Å². The Kier molecular flexibility index (Phi) is 25.3. The number of aliphatic carboxylic acids is 1. The second kappa shape index (κ2) is 34.1. The van der Waals surface area contributed by atoms with E-state index in [2.05, 4.69) is 53.6 Å². The molecule has 2 aliphatic carbocycles. The third kappa shape index (κ3) is 20.3. The molecular formula is C74H91N11O17S2. The number of aromatic carboxylic acids is 1. The van der Waals surface area contributed by atoms with Gasteiger partial charge >= 0.3 is 18.0 Å². The monoisotopic (exact) mass is 1470 g/mol. The fourth-order valence-electron chi connectivity index (χ4n) is 15.7. The SMILES string of the molecule is Cc1c(-c2ccc(N3CCc4cccc(C(=O)Nc5nc6cccnc6s5)c4C3)nc2C(=O)O)cnn1CC1(C)CC2(C)CC(C)(C)CC(OCCN(CCS(=O)O)C(=O)OC/C=C/c3ccc(OC4CC(O)CC(C(=O)O)O4)c(NC(=O)CCNC(=O)CCCCCN(C)C(=O)/C=C\C=O)c3)(C1)C2. The summed E-state index contributed by atoms with van der Waals surface area (Å²) in [5.41, 5.74) is 4.08. The molecule has 4 aromatic heterocycles. The van der Waals surface area contributed by atoms with Crippen LogP contribution in [0, 0.1) is 23.2 Å². The van der Waals surface area contributed by atoms with Crippen molar-refractivity contribution in [3.8, 4) is 16.9 Å². The van der Waals surface area contributed by atoms with Crippen molar-refractivity contribution in [2.24, 2.45) is 16.2 Å². The molecular weight excluding hydrogens is 1380 g/mol. The number of aromatic nitrogens is 5. The molecule has 7 atom stereocenters. The van der Waals surface area contributed by atoms with E-state index in [1.165, 1.54) is 33.3 Å². The number of amides is 5. The molecule has 30 heteroatoms. The van der Waals surface area contributed by atoms with Crippen LogP contribution in [0.15, 0.2) is 91.3 Å². The first-order valence-corrected chi connectivity index (χ1v) is 36.9. The lowest BCUT2D eigenvalue weighted by Crippen LogP contribution is -2.57. The molecule has 0 radical (unpaired) electrons. The minimum Gasteiger partial charge on any atom is -0.479 e. The average Bonchev–Trinajstić information content (AvgIpc) is 0.902. The Balaban J connectivity index is 0.761. The van der Waals surface area contributed by atoms with Crippen LogP contribution in [0.4, 0.5) is 21.4 Å². The highest BCUT2D eigenvalue weighted by Crippen LogP contribution is 2.63. The molecule has 10 rings (SSSR count). The summed E-state index contributed by atoms with van der Waals surface area (Å²) in [5, 5.41) is 44.7. The maximum Gasteiger partial charge on any atom is 0.410 e. The van der Waals surface area contributed by atoms with Gasteiger partial charge in [0.05, 0.1) is 35.9 Å². The molecule has 1 saturated heterocycles. The summed E-state index contributed by atoms with van der Waals surface area (Å²) in [6.07, 6.45) is 11.3. The van der Waals surface area contributed by atoms with Gasteiger partial charge in [-0.05, 0) is 146 Å². The molecule has 2 aliphatic heterocycles. The number of thiazole rings is 1. The minimum atomic E-state index is -2.24. The first kappa shape index (κ1) is 77.3. The number of carboxylic acid groups (broad SMARTS) is 2. The van der Waals surface area contributed by atoms with Crippen molar-refractivity contribution in [3.05, 3.63) is 125 Å². The number of anilines is 3. The summed E-state index contributed by atoms with van der Waals surface area (Å²) in [6, 6.07) is 17.6. The molecule has 5 amide bonds. The van der Waals surface area contributed by atoms with Crippen LogP contribution in [-0.4, -0.2) is 189 Å². The molecule has 0 spiro atoms. The number of hydrogen-bond donors (Lipinski definition) is 7. The Morgan fingerprint density at radius 3 is 2.47 bits per heavy atom. The van der Waals surface area contributed by atoms with E-state index in [4.69, 9.17) is 29.0 Å². The predicted molar refractivity (Wildman–Crippen MR) is 389 cm³/mol. The number of ether oxygens (including phenoxy) is 4. The standard InChI is InChI=1S/C74H91N11O17S2/c1-47-53(51-21-23-59(80-64(51)68(94)95)84-29-25-49-15-10-16-52(54(49)40-84)65(91)81-69-79-55-17-11-26-76-66(55)103-69)39-77-85(47)46-73(5)43-72(4)41-71(2,3)42-74(44-72,45-73)100-34-30-83(31-35-104(97)98)70(96)99-33-13-14-48-20-22-57(101-63-38-50(87)37-58(102-63)67(92)93)56(36-48)78-61(89)24-27-75-60(88)18-8-7-9-28-82(6)62(90)19-12-32-86/h10-17,19-23,26,32,36,39,50,58,63,87H,7-9,18,24-25,27-31,33-35,37-38,40-46H2,1-6H3,(H,75,88)(H,78,89)(H,92,93)(H,94,95)(H,97,98)(H,79,81,91)/b14-13+,19-12-. The summed E-state index contributed by atoms with van der Waals surface area (Å²) < 4.78 is 48.3. The molecule has 2 saturated carbocycles. The zero-order valence-corrected chi connectivity index (χ0v) is 60.9. The van der Waals surface area contributed by atoms with Gasteiger partial charge < -0.3 is 64.2 Å². The van der Waals surface area contributed by atoms with Crippen LogP contribution in [0.2, 0.25) is 0 Å². The molecule has 2 aromatic carbocycles. The Bertz CT molecular complexity index is 4220. The van der Waals surface area contributed by atoms with Crippen LogP contribution in [0.5, 0.6) is 5.75 Å². The molecule has 104 heavy (non-hydrogen) atoms. The molecule has 28 nitrogen and oxygen atoms in total. The first-order chi connectivity index (χ1) is 49.6. The van der Waals surface area contributed by atoms with Crippen molar-refractivity contribution < 1.29 is 81.4 Å². The number of aliphatic hydroxyl groups is 1. The van der Waals surface area contributed by atoms with Gasteiger partial charge in [-0.1, -0.05) is 69.7 Å². The Labute approximate surface area is 609 Å². The summed E-state index contributed by atoms with van der Waals surface area (Å²) in [4.78, 5) is 120. The third-order valence-electron chi connectivity index (χ3n) is 19.3. The predicted octanol–water partition coefficient (Wildman–Crippen LogP) is 9.47. The normalized spacial score (nSPS) is 21.6. The number of benzene rings is 2. The fourth-order valence-corrected chi connectivity index (χ4v) is 16.9. The lowest BCUT2D eigenvalue weighted by Gasteiger charge is -2.61. The number of aliphatic hydroxyl groups excluding tert-OH is 1. The number of likely N-dealkylation sites (N-methyl/N-ethyl adjacent to an activating group) is 1. The number of rotatable bonds is 32. The van der Waals surface area contributed by atoms with E-state index in [-0.39, 0.29) is 115 Å². The van der Waals surface area contributed by atoms with Crippen LogP contribution in [0.3, 0.4) is 0 Å². The van der Waals surface area contributed by atoms with Crippen molar-refractivity contribution in [2.75, 3.05) is 74.3 Å². The Hall–Kier alpha value is -9.33. The molecule has 2 bridgehead atoms. The van der Waals surface area contributed by atoms with E-state index in [9.17, 15) is 62.4 Å². The van der Waals surface area contributed by atoms with Crippen LogP contribution in [0.1, 0.15) is 148 Å². The van der Waals surface area contributed by atoms with Gasteiger partial charge in [0, 0.05) is 113 Å². The number of nitrogens with one attached hydrogen (secondary N) is 3. The second-order valence-electron chi connectivity index (χ2n) is 28.9. The van der Waals surface area contributed by atoms with E-state index in [0.717, 1.165) is 48.6 Å². The van der Waals surface area contributed by atoms with Gasteiger partial charge in [-0.15, -0.1) is 0 Å². The van der Waals surface area contributed by atoms with Crippen LogP contribution < -0.4 is 25.6 Å². The average molecular weight is 1470 g/mol. The summed E-state index contributed by atoms with van der Waals surface area (Å²) in [5.74, 6) is -3.54. The molecule has 6 aromatic rings.